The van der Waals surface area contributed by atoms with Crippen LogP contribution >= 0.6 is 0 Å². The highest BCUT2D eigenvalue weighted by atomic mass is 16.3. The van der Waals surface area contributed by atoms with Gasteiger partial charge in [-0.2, -0.15) is 0 Å². The second-order valence-electron chi connectivity index (χ2n) is 3.81. The van der Waals surface area contributed by atoms with Gasteiger partial charge in [-0.3, -0.25) is 0 Å². The summed E-state index contributed by atoms with van der Waals surface area (Å²) in [4.78, 5) is 6.27. The van der Waals surface area contributed by atoms with Gasteiger partial charge in [-0.25, -0.2) is 4.98 Å². The third kappa shape index (κ3) is 3.34. The van der Waals surface area contributed by atoms with Crippen molar-refractivity contribution in [3.8, 4) is 0 Å². The molecule has 3 heteroatoms. The van der Waals surface area contributed by atoms with Crippen molar-refractivity contribution in [2.75, 3.05) is 19.0 Å². The molecule has 0 radical (unpaired) electrons. The molecule has 1 rings (SSSR count). The first-order chi connectivity index (χ1) is 6.59. The minimum atomic E-state index is -0.233. The van der Waals surface area contributed by atoms with Gasteiger partial charge in [0.2, 0.25) is 0 Å². The number of aryl methyl sites for hydroxylation is 1. The third-order valence-electron chi connectivity index (χ3n) is 2.12. The van der Waals surface area contributed by atoms with Gasteiger partial charge in [-0.1, -0.05) is 6.07 Å². The predicted molar refractivity (Wildman–Crippen MR) is 58.6 cm³/mol. The molecular formula is C11H18N2O. The van der Waals surface area contributed by atoms with E-state index in [4.69, 9.17) is 5.11 Å². The number of rotatable bonds is 4. The highest BCUT2D eigenvalue weighted by Gasteiger charge is 2.00. The van der Waals surface area contributed by atoms with E-state index in [-0.39, 0.29) is 6.10 Å². The van der Waals surface area contributed by atoms with E-state index < -0.39 is 0 Å². The maximum Gasteiger partial charge on any atom is 0.127 e. The molecule has 0 saturated carbocycles. The minimum Gasteiger partial charge on any atom is -0.393 e. The fourth-order valence-electron chi connectivity index (χ4n) is 1.20. The van der Waals surface area contributed by atoms with Crippen molar-refractivity contribution < 1.29 is 5.11 Å². The summed E-state index contributed by atoms with van der Waals surface area (Å²) < 4.78 is 0. The Kier molecular flexibility index (Phi) is 3.89. The van der Waals surface area contributed by atoms with E-state index in [0.717, 1.165) is 18.7 Å². The Morgan fingerprint density at radius 3 is 2.57 bits per heavy atom. The first-order valence-corrected chi connectivity index (χ1v) is 4.90. The molecule has 14 heavy (non-hydrogen) atoms. The van der Waals surface area contributed by atoms with Crippen LogP contribution in [0.1, 0.15) is 18.9 Å². The molecule has 0 saturated heterocycles. The molecule has 0 aliphatic carbocycles. The molecule has 0 aliphatic heterocycles. The molecule has 0 unspecified atom stereocenters. The van der Waals surface area contributed by atoms with Crippen molar-refractivity contribution in [1.82, 2.24) is 4.98 Å². The largest absolute Gasteiger partial charge is 0.393 e. The molecule has 1 N–H and O–H groups in total. The summed E-state index contributed by atoms with van der Waals surface area (Å²) in [6, 6.07) is 4.06. The zero-order chi connectivity index (χ0) is 10.6. The Bertz CT molecular complexity index is 267. The van der Waals surface area contributed by atoms with Gasteiger partial charge in [0.05, 0.1) is 6.10 Å². The molecule has 0 bridgehead atoms. The second-order valence-corrected chi connectivity index (χ2v) is 3.81. The van der Waals surface area contributed by atoms with Gasteiger partial charge < -0.3 is 10.0 Å². The number of pyridine rings is 1. The average Bonchev–Trinajstić information content (AvgIpc) is 2.15. The lowest BCUT2D eigenvalue weighted by molar-refractivity contribution is 0.185. The minimum absolute atomic E-state index is 0.233. The molecular weight excluding hydrogens is 176 g/mol. The van der Waals surface area contributed by atoms with Gasteiger partial charge in [0, 0.05) is 20.3 Å². The number of hydrogen-bond acceptors (Lipinski definition) is 3. The van der Waals surface area contributed by atoms with Crippen LogP contribution in [-0.2, 0) is 6.42 Å². The van der Waals surface area contributed by atoms with E-state index in [1.165, 1.54) is 5.56 Å². The Morgan fingerprint density at radius 1 is 1.43 bits per heavy atom. The van der Waals surface area contributed by atoms with Gasteiger partial charge in [0.15, 0.2) is 0 Å². The predicted octanol–water partition coefficient (Wildman–Crippen LogP) is 1.46. The van der Waals surface area contributed by atoms with E-state index in [9.17, 15) is 0 Å². The average molecular weight is 194 g/mol. The van der Waals surface area contributed by atoms with Gasteiger partial charge >= 0.3 is 0 Å². The van der Waals surface area contributed by atoms with Crippen LogP contribution in [0.4, 0.5) is 5.82 Å². The van der Waals surface area contributed by atoms with Gasteiger partial charge in [-0.05, 0) is 31.4 Å². The molecule has 1 atom stereocenters. The summed E-state index contributed by atoms with van der Waals surface area (Å²) >= 11 is 0. The van der Waals surface area contributed by atoms with Gasteiger partial charge in [0.25, 0.3) is 0 Å². The molecule has 0 fully saturated rings. The first kappa shape index (κ1) is 11.0. The Hall–Kier alpha value is -1.09. The summed E-state index contributed by atoms with van der Waals surface area (Å²) in [5.74, 6) is 0.964. The van der Waals surface area contributed by atoms with E-state index in [2.05, 4.69) is 11.1 Å². The van der Waals surface area contributed by atoms with Crippen LogP contribution in [0.3, 0.4) is 0 Å². The highest BCUT2D eigenvalue weighted by molar-refractivity contribution is 5.37. The van der Waals surface area contributed by atoms with Crippen molar-refractivity contribution in [1.29, 1.82) is 0 Å². The van der Waals surface area contributed by atoms with Crippen LogP contribution in [0.5, 0.6) is 0 Å². The highest BCUT2D eigenvalue weighted by Crippen LogP contribution is 2.09. The summed E-state index contributed by atoms with van der Waals surface area (Å²) in [5, 5.41) is 9.13. The standard InChI is InChI=1S/C11H18N2O/c1-9(14)4-5-10-6-7-11(12-8-10)13(2)3/h6-9,14H,4-5H2,1-3H3/t9-/m0/s1. The van der Waals surface area contributed by atoms with E-state index in [0.29, 0.717) is 0 Å². The third-order valence-corrected chi connectivity index (χ3v) is 2.12. The fraction of sp³-hybridized carbons (Fsp3) is 0.545. The normalized spacial score (nSPS) is 12.6. The zero-order valence-electron chi connectivity index (χ0n) is 9.07. The van der Waals surface area contributed by atoms with Crippen molar-refractivity contribution in [3.63, 3.8) is 0 Å². The monoisotopic (exact) mass is 194 g/mol. The molecule has 0 aliphatic rings. The Balaban J connectivity index is 2.55. The molecule has 0 spiro atoms. The summed E-state index contributed by atoms with van der Waals surface area (Å²) in [7, 11) is 3.94. The summed E-state index contributed by atoms with van der Waals surface area (Å²) in [6.45, 7) is 1.81. The number of nitrogens with zero attached hydrogens (tertiary/aromatic N) is 2. The number of hydrogen-bond donors (Lipinski definition) is 1. The van der Waals surface area contributed by atoms with Crippen molar-refractivity contribution in [2.45, 2.75) is 25.9 Å². The van der Waals surface area contributed by atoms with E-state index >= 15 is 0 Å². The molecule has 1 aromatic heterocycles. The van der Waals surface area contributed by atoms with Crippen LogP contribution in [0.15, 0.2) is 18.3 Å². The van der Waals surface area contributed by atoms with Crippen LogP contribution in [-0.4, -0.2) is 30.3 Å². The number of aliphatic hydroxyl groups is 1. The Morgan fingerprint density at radius 2 is 2.14 bits per heavy atom. The maximum absolute atomic E-state index is 9.13. The molecule has 1 heterocycles. The van der Waals surface area contributed by atoms with Gasteiger partial charge in [0.1, 0.15) is 5.82 Å². The summed E-state index contributed by atoms with van der Waals surface area (Å²) in [6.07, 6.45) is 3.32. The first-order valence-electron chi connectivity index (χ1n) is 4.90. The van der Waals surface area contributed by atoms with Crippen LogP contribution in [0.2, 0.25) is 0 Å². The quantitative estimate of drug-likeness (QED) is 0.788. The smallest absolute Gasteiger partial charge is 0.127 e. The van der Waals surface area contributed by atoms with Crippen LogP contribution in [0, 0.1) is 0 Å². The van der Waals surface area contributed by atoms with Crippen molar-refractivity contribution in [2.24, 2.45) is 0 Å². The molecule has 3 nitrogen and oxygen atoms in total. The lowest BCUT2D eigenvalue weighted by Crippen LogP contribution is -2.10. The van der Waals surface area contributed by atoms with Crippen LogP contribution < -0.4 is 4.90 Å². The summed E-state index contributed by atoms with van der Waals surface area (Å²) in [5.41, 5.74) is 1.18. The molecule has 0 aromatic carbocycles. The number of aliphatic hydroxyl groups excluding tert-OH is 1. The lowest BCUT2D eigenvalue weighted by Gasteiger charge is -2.11. The fourth-order valence-corrected chi connectivity index (χ4v) is 1.20. The van der Waals surface area contributed by atoms with E-state index in [1.807, 2.05) is 38.2 Å². The topological polar surface area (TPSA) is 36.4 Å². The number of aromatic nitrogens is 1. The Labute approximate surface area is 85.4 Å². The molecule has 0 amide bonds. The maximum atomic E-state index is 9.13. The van der Waals surface area contributed by atoms with Gasteiger partial charge in [-0.15, -0.1) is 0 Å². The lowest BCUT2D eigenvalue weighted by atomic mass is 10.1. The van der Waals surface area contributed by atoms with E-state index in [1.54, 1.807) is 0 Å². The SMILES string of the molecule is C[C@H](O)CCc1ccc(N(C)C)nc1. The number of anilines is 1. The van der Waals surface area contributed by atoms with Crippen molar-refractivity contribution >= 4 is 5.82 Å². The molecule has 1 aromatic rings. The van der Waals surface area contributed by atoms with Crippen LogP contribution in [0.25, 0.3) is 0 Å². The molecule has 78 valence electrons. The van der Waals surface area contributed by atoms with Crippen molar-refractivity contribution in [3.05, 3.63) is 23.9 Å². The zero-order valence-corrected chi connectivity index (χ0v) is 9.07. The second kappa shape index (κ2) is 4.96.